The van der Waals surface area contributed by atoms with Gasteiger partial charge in [-0.1, -0.05) is 29.8 Å². The van der Waals surface area contributed by atoms with Crippen molar-refractivity contribution >= 4 is 35.1 Å². The largest absolute Gasteiger partial charge is 0.311 e. The molecule has 1 atom stereocenters. The van der Waals surface area contributed by atoms with E-state index < -0.39 is 0 Å². The molecular weight excluding hydrogens is 318 g/mol. The molecule has 4 nitrogen and oxygen atoms in total. The number of rotatable bonds is 5. The number of benzene rings is 1. The van der Waals surface area contributed by atoms with E-state index in [1.54, 1.807) is 11.8 Å². The Hall–Kier alpha value is -1.46. The van der Waals surface area contributed by atoms with Crippen molar-refractivity contribution < 1.29 is 4.79 Å². The SMILES string of the molecule is CSCCC1CC(=O)Nc2c1cnn2Cc1ccccc1Cl. The molecule has 0 radical (unpaired) electrons. The second-order valence-corrected chi connectivity index (χ2v) is 6.82. The molecule has 0 spiro atoms. The van der Waals surface area contributed by atoms with Crippen molar-refractivity contribution in [2.24, 2.45) is 0 Å². The van der Waals surface area contributed by atoms with Crippen molar-refractivity contribution in [1.29, 1.82) is 0 Å². The molecule has 0 aliphatic carbocycles. The fourth-order valence-corrected chi connectivity index (χ4v) is 3.49. The van der Waals surface area contributed by atoms with E-state index in [9.17, 15) is 4.79 Å². The summed E-state index contributed by atoms with van der Waals surface area (Å²) in [5.41, 5.74) is 2.14. The molecule has 22 heavy (non-hydrogen) atoms. The molecule has 0 bridgehead atoms. The summed E-state index contributed by atoms with van der Waals surface area (Å²) in [6.45, 7) is 0.560. The third kappa shape index (κ3) is 3.15. The lowest BCUT2D eigenvalue weighted by Crippen LogP contribution is -2.24. The Morgan fingerprint density at radius 1 is 1.45 bits per heavy atom. The number of nitrogens with one attached hydrogen (secondary N) is 1. The van der Waals surface area contributed by atoms with Gasteiger partial charge >= 0.3 is 0 Å². The van der Waals surface area contributed by atoms with E-state index >= 15 is 0 Å². The number of hydrogen-bond donors (Lipinski definition) is 1. The van der Waals surface area contributed by atoms with Crippen molar-refractivity contribution in [3.05, 3.63) is 46.6 Å². The molecule has 0 saturated carbocycles. The van der Waals surface area contributed by atoms with Crippen LogP contribution in [0.1, 0.15) is 29.9 Å². The molecule has 1 amide bonds. The monoisotopic (exact) mass is 335 g/mol. The highest BCUT2D eigenvalue weighted by molar-refractivity contribution is 7.98. The quantitative estimate of drug-likeness (QED) is 0.904. The topological polar surface area (TPSA) is 46.9 Å². The number of anilines is 1. The van der Waals surface area contributed by atoms with Gasteiger partial charge in [0.15, 0.2) is 0 Å². The fourth-order valence-electron chi connectivity index (χ4n) is 2.78. The summed E-state index contributed by atoms with van der Waals surface area (Å²) >= 11 is 8.03. The first-order valence-electron chi connectivity index (χ1n) is 7.27. The smallest absolute Gasteiger partial charge is 0.226 e. The van der Waals surface area contributed by atoms with Gasteiger partial charge in [-0.15, -0.1) is 0 Å². The zero-order valence-electron chi connectivity index (χ0n) is 12.4. The van der Waals surface area contributed by atoms with Crippen molar-refractivity contribution in [1.82, 2.24) is 9.78 Å². The third-order valence-corrected chi connectivity index (χ3v) is 4.96. The number of fused-ring (bicyclic) bond motifs is 1. The second kappa shape index (κ2) is 6.75. The first-order valence-corrected chi connectivity index (χ1v) is 9.04. The summed E-state index contributed by atoms with van der Waals surface area (Å²) in [6, 6.07) is 7.71. The van der Waals surface area contributed by atoms with Gasteiger partial charge in [-0.3, -0.25) is 4.79 Å². The van der Waals surface area contributed by atoms with Crippen LogP contribution in [0, 0.1) is 0 Å². The lowest BCUT2D eigenvalue weighted by atomic mass is 9.92. The van der Waals surface area contributed by atoms with Gasteiger partial charge in [0.1, 0.15) is 5.82 Å². The van der Waals surface area contributed by atoms with Crippen LogP contribution in [0.2, 0.25) is 5.02 Å². The summed E-state index contributed by atoms with van der Waals surface area (Å²) in [7, 11) is 0. The Morgan fingerprint density at radius 3 is 3.05 bits per heavy atom. The lowest BCUT2D eigenvalue weighted by molar-refractivity contribution is -0.116. The summed E-state index contributed by atoms with van der Waals surface area (Å²) in [4.78, 5) is 12.0. The van der Waals surface area contributed by atoms with Crippen LogP contribution in [0.25, 0.3) is 0 Å². The highest BCUT2D eigenvalue weighted by atomic mass is 35.5. The molecule has 0 saturated heterocycles. The molecule has 2 aromatic rings. The zero-order valence-corrected chi connectivity index (χ0v) is 14.0. The molecule has 1 unspecified atom stereocenters. The van der Waals surface area contributed by atoms with E-state index in [-0.39, 0.29) is 11.8 Å². The average molecular weight is 336 g/mol. The third-order valence-electron chi connectivity index (χ3n) is 3.95. The number of thioether (sulfide) groups is 1. The molecule has 3 rings (SSSR count). The summed E-state index contributed by atoms with van der Waals surface area (Å²) in [5.74, 6) is 2.20. The standard InChI is InChI=1S/C16H18ClN3OS/c1-22-7-6-11-8-15(21)19-16-13(11)9-18-20(16)10-12-4-2-3-5-14(12)17/h2-5,9,11H,6-8,10H2,1H3,(H,19,21). The van der Waals surface area contributed by atoms with Gasteiger partial charge in [0, 0.05) is 17.0 Å². The zero-order chi connectivity index (χ0) is 15.5. The molecule has 0 fully saturated rings. The molecular formula is C16H18ClN3OS. The number of carbonyl (C=O) groups is 1. The number of nitrogens with zero attached hydrogens (tertiary/aromatic N) is 2. The summed E-state index contributed by atoms with van der Waals surface area (Å²) in [5, 5.41) is 8.15. The van der Waals surface area contributed by atoms with E-state index in [0.717, 1.165) is 29.1 Å². The van der Waals surface area contributed by atoms with Crippen molar-refractivity contribution in [3.63, 3.8) is 0 Å². The fraction of sp³-hybridized carbons (Fsp3) is 0.375. The molecule has 6 heteroatoms. The van der Waals surface area contributed by atoms with E-state index in [1.165, 1.54) is 0 Å². The van der Waals surface area contributed by atoms with Crippen LogP contribution >= 0.6 is 23.4 Å². The molecule has 1 aromatic heterocycles. The van der Waals surface area contributed by atoms with Crippen LogP contribution in [-0.2, 0) is 11.3 Å². The van der Waals surface area contributed by atoms with E-state index in [2.05, 4.69) is 16.7 Å². The van der Waals surface area contributed by atoms with Crippen LogP contribution in [-0.4, -0.2) is 27.7 Å². The van der Waals surface area contributed by atoms with Gasteiger partial charge in [-0.25, -0.2) is 4.68 Å². The van der Waals surface area contributed by atoms with Crippen LogP contribution in [0.4, 0.5) is 5.82 Å². The Kier molecular flexibility index (Phi) is 4.74. The summed E-state index contributed by atoms with van der Waals surface area (Å²) in [6.07, 6.45) is 5.52. The van der Waals surface area contributed by atoms with Gasteiger partial charge in [-0.05, 0) is 36.0 Å². The van der Waals surface area contributed by atoms with E-state index in [1.807, 2.05) is 35.1 Å². The number of amides is 1. The van der Waals surface area contributed by atoms with Crippen LogP contribution in [0.3, 0.4) is 0 Å². The number of halogens is 1. The Morgan fingerprint density at radius 2 is 2.27 bits per heavy atom. The Bertz CT molecular complexity index is 686. The highest BCUT2D eigenvalue weighted by Gasteiger charge is 2.28. The van der Waals surface area contributed by atoms with Crippen molar-refractivity contribution in [2.75, 3.05) is 17.3 Å². The Balaban J connectivity index is 1.88. The second-order valence-electron chi connectivity index (χ2n) is 5.43. The normalized spacial score (nSPS) is 17.2. The van der Waals surface area contributed by atoms with Crippen LogP contribution in [0.15, 0.2) is 30.5 Å². The van der Waals surface area contributed by atoms with Gasteiger partial charge in [-0.2, -0.15) is 16.9 Å². The minimum atomic E-state index is 0.0690. The van der Waals surface area contributed by atoms with Crippen molar-refractivity contribution in [3.8, 4) is 0 Å². The molecule has 1 aliphatic rings. The van der Waals surface area contributed by atoms with Gasteiger partial charge < -0.3 is 5.32 Å². The maximum Gasteiger partial charge on any atom is 0.226 e. The number of carbonyl (C=O) groups excluding carboxylic acids is 1. The van der Waals surface area contributed by atoms with Gasteiger partial charge in [0.2, 0.25) is 5.91 Å². The molecule has 2 heterocycles. The van der Waals surface area contributed by atoms with E-state index in [0.29, 0.717) is 18.0 Å². The predicted octanol–water partition coefficient (Wildman–Crippen LogP) is 3.76. The van der Waals surface area contributed by atoms with Crippen LogP contribution in [0.5, 0.6) is 0 Å². The number of hydrogen-bond acceptors (Lipinski definition) is 3. The molecule has 1 aliphatic heterocycles. The molecule has 116 valence electrons. The minimum absolute atomic E-state index is 0.0690. The predicted molar refractivity (Wildman–Crippen MR) is 91.8 cm³/mol. The van der Waals surface area contributed by atoms with Crippen LogP contribution < -0.4 is 5.32 Å². The first kappa shape index (κ1) is 15.4. The molecule has 1 aromatic carbocycles. The maximum absolute atomic E-state index is 12.0. The minimum Gasteiger partial charge on any atom is -0.311 e. The van der Waals surface area contributed by atoms with Gasteiger partial charge in [0.05, 0.1) is 12.7 Å². The lowest BCUT2D eigenvalue weighted by Gasteiger charge is -2.23. The Labute approximate surface area is 139 Å². The first-order chi connectivity index (χ1) is 10.7. The number of aromatic nitrogens is 2. The van der Waals surface area contributed by atoms with Gasteiger partial charge in [0.25, 0.3) is 0 Å². The highest BCUT2D eigenvalue weighted by Crippen LogP contribution is 2.35. The van der Waals surface area contributed by atoms with E-state index in [4.69, 9.17) is 11.6 Å². The van der Waals surface area contributed by atoms with Crippen molar-refractivity contribution in [2.45, 2.75) is 25.3 Å². The maximum atomic E-state index is 12.0. The summed E-state index contributed by atoms with van der Waals surface area (Å²) < 4.78 is 1.83. The molecule has 1 N–H and O–H groups in total. The average Bonchev–Trinajstić information content (AvgIpc) is 2.90.